The molecule has 17 heavy (non-hydrogen) atoms. The van der Waals surface area contributed by atoms with Crippen molar-refractivity contribution in [1.29, 1.82) is 0 Å². The number of aryl methyl sites for hydroxylation is 1. The molecule has 0 aliphatic carbocycles. The fraction of sp³-hybridized carbons (Fsp3) is 0.500. The first-order chi connectivity index (χ1) is 8.33. The van der Waals surface area contributed by atoms with Gasteiger partial charge in [0.1, 0.15) is 5.65 Å². The van der Waals surface area contributed by atoms with Crippen LogP contribution in [0.3, 0.4) is 0 Å². The number of hydrogen-bond donors (Lipinski definition) is 1. The summed E-state index contributed by atoms with van der Waals surface area (Å²) in [7, 11) is 0. The number of pyridine rings is 1. The molecular weight excluding hydrogens is 210 g/mol. The third kappa shape index (κ3) is 2.20. The zero-order valence-electron chi connectivity index (χ0n) is 10.3. The summed E-state index contributed by atoms with van der Waals surface area (Å²) < 4.78 is 2.14. The molecule has 3 heteroatoms. The summed E-state index contributed by atoms with van der Waals surface area (Å²) >= 11 is 0. The summed E-state index contributed by atoms with van der Waals surface area (Å²) in [6, 6.07) is 4.20. The van der Waals surface area contributed by atoms with E-state index in [1.54, 1.807) is 0 Å². The Morgan fingerprint density at radius 1 is 1.41 bits per heavy atom. The van der Waals surface area contributed by atoms with E-state index in [2.05, 4.69) is 41.2 Å². The molecule has 0 amide bonds. The first kappa shape index (κ1) is 10.8. The summed E-state index contributed by atoms with van der Waals surface area (Å²) in [6.07, 6.45) is 7.97. The third-order valence-electron chi connectivity index (χ3n) is 3.68. The zero-order chi connectivity index (χ0) is 11.7. The SMILES string of the molecule is Cc1cccn2cc(CC3CCNCC3)nc12. The molecule has 0 atom stereocenters. The average Bonchev–Trinajstić information content (AvgIpc) is 2.74. The Morgan fingerprint density at radius 3 is 3.00 bits per heavy atom. The lowest BCUT2D eigenvalue weighted by molar-refractivity contribution is 0.370. The Bertz CT molecular complexity index is 509. The molecule has 0 unspecified atom stereocenters. The number of imidazole rings is 1. The molecule has 1 saturated heterocycles. The molecule has 3 heterocycles. The Hall–Kier alpha value is -1.35. The second-order valence-corrected chi connectivity index (χ2v) is 5.05. The predicted octanol–water partition coefficient (Wildman–Crippen LogP) is 2.18. The van der Waals surface area contributed by atoms with Gasteiger partial charge in [0.15, 0.2) is 0 Å². The van der Waals surface area contributed by atoms with Gasteiger partial charge in [0, 0.05) is 12.4 Å². The Kier molecular flexibility index (Phi) is 2.85. The third-order valence-corrected chi connectivity index (χ3v) is 3.68. The van der Waals surface area contributed by atoms with E-state index in [-0.39, 0.29) is 0 Å². The molecule has 0 radical (unpaired) electrons. The standard InChI is InChI=1S/C14H19N3/c1-11-3-2-8-17-10-13(16-14(11)17)9-12-4-6-15-7-5-12/h2-3,8,10,12,15H,4-7,9H2,1H3. The molecule has 0 aromatic carbocycles. The van der Waals surface area contributed by atoms with Gasteiger partial charge in [0.2, 0.25) is 0 Å². The van der Waals surface area contributed by atoms with Crippen molar-refractivity contribution in [3.05, 3.63) is 35.8 Å². The van der Waals surface area contributed by atoms with Crippen LogP contribution in [0.2, 0.25) is 0 Å². The van der Waals surface area contributed by atoms with Crippen LogP contribution in [0.25, 0.3) is 5.65 Å². The quantitative estimate of drug-likeness (QED) is 0.855. The van der Waals surface area contributed by atoms with Crippen LogP contribution in [0, 0.1) is 12.8 Å². The van der Waals surface area contributed by atoms with Gasteiger partial charge < -0.3 is 9.72 Å². The van der Waals surface area contributed by atoms with Gasteiger partial charge in [-0.05, 0) is 56.8 Å². The first-order valence-electron chi connectivity index (χ1n) is 6.47. The molecular formula is C14H19N3. The molecule has 0 spiro atoms. The second-order valence-electron chi connectivity index (χ2n) is 5.05. The summed E-state index contributed by atoms with van der Waals surface area (Å²) in [5, 5.41) is 3.41. The molecule has 90 valence electrons. The van der Waals surface area contributed by atoms with Gasteiger partial charge in [-0.2, -0.15) is 0 Å². The lowest BCUT2D eigenvalue weighted by atomic mass is 9.93. The van der Waals surface area contributed by atoms with E-state index in [9.17, 15) is 0 Å². The molecule has 3 rings (SSSR count). The topological polar surface area (TPSA) is 29.3 Å². The van der Waals surface area contributed by atoms with E-state index in [1.165, 1.54) is 24.1 Å². The number of rotatable bonds is 2. The van der Waals surface area contributed by atoms with E-state index in [0.717, 1.165) is 31.1 Å². The van der Waals surface area contributed by atoms with E-state index >= 15 is 0 Å². The van der Waals surface area contributed by atoms with Crippen molar-refractivity contribution >= 4 is 5.65 Å². The van der Waals surface area contributed by atoms with Gasteiger partial charge in [0.25, 0.3) is 0 Å². The lowest BCUT2D eigenvalue weighted by Gasteiger charge is -2.21. The summed E-state index contributed by atoms with van der Waals surface area (Å²) in [5.41, 5.74) is 3.60. The van der Waals surface area contributed by atoms with Crippen LogP contribution in [0.5, 0.6) is 0 Å². The fourth-order valence-corrected chi connectivity index (χ4v) is 2.68. The highest BCUT2D eigenvalue weighted by molar-refractivity contribution is 5.47. The summed E-state index contributed by atoms with van der Waals surface area (Å²) in [5.74, 6) is 0.807. The maximum absolute atomic E-state index is 4.75. The second kappa shape index (κ2) is 4.49. The van der Waals surface area contributed by atoms with Crippen LogP contribution in [0.1, 0.15) is 24.1 Å². The van der Waals surface area contributed by atoms with Gasteiger partial charge in [-0.15, -0.1) is 0 Å². The molecule has 2 aromatic rings. The van der Waals surface area contributed by atoms with Crippen LogP contribution in [-0.2, 0) is 6.42 Å². The van der Waals surface area contributed by atoms with Gasteiger partial charge in [-0.1, -0.05) is 6.07 Å². The number of fused-ring (bicyclic) bond motifs is 1. The van der Waals surface area contributed by atoms with E-state index in [0.29, 0.717) is 0 Å². The number of aromatic nitrogens is 2. The molecule has 1 N–H and O–H groups in total. The Balaban J connectivity index is 1.83. The van der Waals surface area contributed by atoms with Crippen molar-refractivity contribution in [1.82, 2.24) is 14.7 Å². The van der Waals surface area contributed by atoms with Gasteiger partial charge >= 0.3 is 0 Å². The minimum atomic E-state index is 0.807. The van der Waals surface area contributed by atoms with Crippen molar-refractivity contribution < 1.29 is 0 Å². The number of nitrogens with one attached hydrogen (secondary N) is 1. The van der Waals surface area contributed by atoms with Crippen molar-refractivity contribution in [3.63, 3.8) is 0 Å². The molecule has 0 saturated carbocycles. The molecule has 1 aliphatic rings. The molecule has 1 aliphatic heterocycles. The van der Waals surface area contributed by atoms with Crippen LogP contribution < -0.4 is 5.32 Å². The van der Waals surface area contributed by atoms with Crippen molar-refractivity contribution in [2.24, 2.45) is 5.92 Å². The number of piperidine rings is 1. The predicted molar refractivity (Wildman–Crippen MR) is 69.2 cm³/mol. The van der Waals surface area contributed by atoms with Crippen molar-refractivity contribution in [2.75, 3.05) is 13.1 Å². The summed E-state index contributed by atoms with van der Waals surface area (Å²) in [6.45, 7) is 4.45. The Morgan fingerprint density at radius 2 is 2.24 bits per heavy atom. The van der Waals surface area contributed by atoms with E-state index < -0.39 is 0 Å². The highest BCUT2D eigenvalue weighted by atomic mass is 15.0. The number of nitrogens with zero attached hydrogens (tertiary/aromatic N) is 2. The van der Waals surface area contributed by atoms with Gasteiger partial charge in [0.05, 0.1) is 5.69 Å². The zero-order valence-corrected chi connectivity index (χ0v) is 10.3. The normalized spacial score (nSPS) is 17.7. The minimum absolute atomic E-state index is 0.807. The molecule has 3 nitrogen and oxygen atoms in total. The largest absolute Gasteiger partial charge is 0.317 e. The monoisotopic (exact) mass is 229 g/mol. The minimum Gasteiger partial charge on any atom is -0.317 e. The highest BCUT2D eigenvalue weighted by Crippen LogP contribution is 2.18. The van der Waals surface area contributed by atoms with Crippen LogP contribution in [0.15, 0.2) is 24.5 Å². The van der Waals surface area contributed by atoms with Gasteiger partial charge in [-0.3, -0.25) is 0 Å². The maximum atomic E-state index is 4.75. The number of hydrogen-bond acceptors (Lipinski definition) is 2. The van der Waals surface area contributed by atoms with E-state index in [1.807, 2.05) is 0 Å². The molecule has 2 aromatic heterocycles. The fourth-order valence-electron chi connectivity index (χ4n) is 2.68. The first-order valence-corrected chi connectivity index (χ1v) is 6.47. The van der Waals surface area contributed by atoms with Crippen LogP contribution in [0.4, 0.5) is 0 Å². The van der Waals surface area contributed by atoms with E-state index in [4.69, 9.17) is 4.98 Å². The summed E-state index contributed by atoms with van der Waals surface area (Å²) in [4.78, 5) is 4.75. The van der Waals surface area contributed by atoms with Crippen LogP contribution in [-0.4, -0.2) is 22.5 Å². The average molecular weight is 229 g/mol. The smallest absolute Gasteiger partial charge is 0.139 e. The highest BCUT2D eigenvalue weighted by Gasteiger charge is 2.15. The molecule has 0 bridgehead atoms. The van der Waals surface area contributed by atoms with Crippen molar-refractivity contribution in [2.45, 2.75) is 26.2 Å². The van der Waals surface area contributed by atoms with Crippen molar-refractivity contribution in [3.8, 4) is 0 Å². The van der Waals surface area contributed by atoms with Gasteiger partial charge in [-0.25, -0.2) is 4.98 Å². The Labute approximate surface area is 102 Å². The lowest BCUT2D eigenvalue weighted by Crippen LogP contribution is -2.28. The van der Waals surface area contributed by atoms with Crippen LogP contribution >= 0.6 is 0 Å². The molecule has 1 fully saturated rings. The maximum Gasteiger partial charge on any atom is 0.139 e.